The van der Waals surface area contributed by atoms with Gasteiger partial charge in [-0.2, -0.15) is 0 Å². The molecule has 0 aliphatic carbocycles. The molecular formula is C15H20N4O3. The summed E-state index contributed by atoms with van der Waals surface area (Å²) in [5, 5.41) is 2.91. The number of aromatic nitrogens is 1. The fourth-order valence-corrected chi connectivity index (χ4v) is 2.99. The number of hydrogen-bond donors (Lipinski definition) is 1. The molecule has 0 spiro atoms. The van der Waals surface area contributed by atoms with Gasteiger partial charge in [-0.1, -0.05) is 6.07 Å². The van der Waals surface area contributed by atoms with Gasteiger partial charge in [0.05, 0.1) is 12.8 Å². The Morgan fingerprint density at radius 1 is 1.41 bits per heavy atom. The number of pyridine rings is 1. The van der Waals surface area contributed by atoms with Crippen molar-refractivity contribution in [2.75, 3.05) is 39.8 Å². The second kappa shape index (κ2) is 6.41. The molecule has 2 fully saturated rings. The van der Waals surface area contributed by atoms with Gasteiger partial charge in [-0.25, -0.2) is 9.78 Å². The molecule has 1 amide bonds. The number of rotatable bonds is 3. The Morgan fingerprint density at radius 3 is 3.09 bits per heavy atom. The van der Waals surface area contributed by atoms with Crippen molar-refractivity contribution in [3.05, 3.63) is 29.6 Å². The van der Waals surface area contributed by atoms with E-state index in [1.54, 1.807) is 12.1 Å². The van der Waals surface area contributed by atoms with Crippen molar-refractivity contribution in [1.29, 1.82) is 0 Å². The van der Waals surface area contributed by atoms with Crippen LogP contribution < -0.4 is 5.32 Å². The number of ether oxygens (including phenoxy) is 1. The van der Waals surface area contributed by atoms with Crippen molar-refractivity contribution in [2.45, 2.75) is 12.6 Å². The van der Waals surface area contributed by atoms with Gasteiger partial charge in [-0.15, -0.1) is 0 Å². The van der Waals surface area contributed by atoms with Gasteiger partial charge in [0.25, 0.3) is 0 Å². The number of piperazine rings is 2. The van der Waals surface area contributed by atoms with Crippen LogP contribution in [-0.2, 0) is 16.1 Å². The van der Waals surface area contributed by atoms with E-state index >= 15 is 0 Å². The van der Waals surface area contributed by atoms with Gasteiger partial charge < -0.3 is 10.1 Å². The molecule has 0 bridgehead atoms. The van der Waals surface area contributed by atoms with Crippen LogP contribution in [0.2, 0.25) is 0 Å². The summed E-state index contributed by atoms with van der Waals surface area (Å²) < 4.78 is 4.69. The molecule has 1 atom stereocenters. The molecule has 22 heavy (non-hydrogen) atoms. The average molecular weight is 304 g/mol. The maximum atomic E-state index is 12.0. The number of amides is 1. The van der Waals surface area contributed by atoms with E-state index in [0.717, 1.165) is 31.9 Å². The Kier molecular flexibility index (Phi) is 4.35. The number of carbonyl (C=O) groups excluding carboxylic acids is 2. The maximum absolute atomic E-state index is 12.0. The predicted octanol–water partition coefficient (Wildman–Crippen LogP) is -0.516. The molecule has 7 nitrogen and oxygen atoms in total. The summed E-state index contributed by atoms with van der Waals surface area (Å²) in [6.07, 6.45) is 0. The molecule has 2 aliphatic heterocycles. The van der Waals surface area contributed by atoms with Gasteiger partial charge in [0.15, 0.2) is 0 Å². The average Bonchev–Trinajstić information content (AvgIpc) is 2.55. The summed E-state index contributed by atoms with van der Waals surface area (Å²) in [6, 6.07) is 5.26. The molecule has 3 heterocycles. The zero-order valence-electron chi connectivity index (χ0n) is 12.6. The normalized spacial score (nSPS) is 22.8. The van der Waals surface area contributed by atoms with Crippen LogP contribution in [0.25, 0.3) is 0 Å². The Morgan fingerprint density at radius 2 is 2.27 bits per heavy atom. The molecule has 0 saturated carbocycles. The molecule has 0 radical (unpaired) electrons. The predicted molar refractivity (Wildman–Crippen MR) is 79.2 cm³/mol. The quantitative estimate of drug-likeness (QED) is 0.758. The molecule has 2 saturated heterocycles. The lowest BCUT2D eigenvalue weighted by molar-refractivity contribution is -0.132. The van der Waals surface area contributed by atoms with Crippen LogP contribution in [0.4, 0.5) is 0 Å². The number of carbonyl (C=O) groups is 2. The van der Waals surface area contributed by atoms with E-state index in [0.29, 0.717) is 18.8 Å². The van der Waals surface area contributed by atoms with E-state index in [-0.39, 0.29) is 11.9 Å². The second-order valence-electron chi connectivity index (χ2n) is 5.58. The first kappa shape index (κ1) is 14.9. The maximum Gasteiger partial charge on any atom is 0.356 e. The summed E-state index contributed by atoms with van der Waals surface area (Å²) in [5.41, 5.74) is 1.13. The van der Waals surface area contributed by atoms with Gasteiger partial charge in [-0.3, -0.25) is 14.6 Å². The molecule has 0 aromatic carbocycles. The van der Waals surface area contributed by atoms with Crippen LogP contribution >= 0.6 is 0 Å². The molecule has 1 aromatic rings. The van der Waals surface area contributed by atoms with Gasteiger partial charge in [0, 0.05) is 39.3 Å². The summed E-state index contributed by atoms with van der Waals surface area (Å²) in [7, 11) is 1.34. The van der Waals surface area contributed by atoms with E-state index in [9.17, 15) is 9.59 Å². The van der Waals surface area contributed by atoms with E-state index in [2.05, 4.69) is 20.1 Å². The van der Waals surface area contributed by atoms with Crippen LogP contribution in [0.5, 0.6) is 0 Å². The van der Waals surface area contributed by atoms with Crippen LogP contribution in [0.15, 0.2) is 18.2 Å². The minimum absolute atomic E-state index is 0.0775. The lowest BCUT2D eigenvalue weighted by Gasteiger charge is -2.42. The summed E-state index contributed by atoms with van der Waals surface area (Å²) in [6.45, 7) is 4.75. The van der Waals surface area contributed by atoms with E-state index in [4.69, 9.17) is 4.74 Å². The third-order valence-electron chi connectivity index (χ3n) is 4.16. The van der Waals surface area contributed by atoms with Crippen LogP contribution in [0, 0.1) is 0 Å². The standard InChI is InChI=1S/C15H20N4O3/c1-22-15(21)12-4-2-3-11(17-12)9-18-7-8-19-6-5-16-14(20)13(19)10-18/h2-4,13H,5-10H2,1H3,(H,16,20). The van der Waals surface area contributed by atoms with Gasteiger partial charge in [0.1, 0.15) is 11.7 Å². The summed E-state index contributed by atoms with van der Waals surface area (Å²) >= 11 is 0. The van der Waals surface area contributed by atoms with Crippen LogP contribution in [-0.4, -0.2) is 72.5 Å². The number of nitrogens with zero attached hydrogens (tertiary/aromatic N) is 3. The van der Waals surface area contributed by atoms with Crippen LogP contribution in [0.3, 0.4) is 0 Å². The van der Waals surface area contributed by atoms with Crippen molar-refractivity contribution < 1.29 is 14.3 Å². The highest BCUT2D eigenvalue weighted by Gasteiger charge is 2.34. The number of fused-ring (bicyclic) bond motifs is 1. The first-order valence-corrected chi connectivity index (χ1v) is 7.46. The van der Waals surface area contributed by atoms with Crippen molar-refractivity contribution in [2.24, 2.45) is 0 Å². The molecule has 1 unspecified atom stereocenters. The number of nitrogens with one attached hydrogen (secondary N) is 1. The smallest absolute Gasteiger partial charge is 0.356 e. The lowest BCUT2D eigenvalue weighted by atomic mass is 10.1. The van der Waals surface area contributed by atoms with Crippen molar-refractivity contribution >= 4 is 11.9 Å². The molecule has 3 rings (SSSR count). The monoisotopic (exact) mass is 304 g/mol. The highest BCUT2D eigenvalue weighted by Crippen LogP contribution is 2.14. The molecule has 2 aliphatic rings. The number of hydrogen-bond acceptors (Lipinski definition) is 6. The second-order valence-corrected chi connectivity index (χ2v) is 5.58. The van der Waals surface area contributed by atoms with Crippen LogP contribution in [0.1, 0.15) is 16.2 Å². The fraction of sp³-hybridized carbons (Fsp3) is 0.533. The first-order valence-electron chi connectivity index (χ1n) is 7.46. The third-order valence-corrected chi connectivity index (χ3v) is 4.16. The molecule has 7 heteroatoms. The van der Waals surface area contributed by atoms with E-state index < -0.39 is 5.97 Å². The lowest BCUT2D eigenvalue weighted by Crippen LogP contribution is -2.63. The summed E-state index contributed by atoms with van der Waals surface area (Å²) in [5.74, 6) is -0.328. The zero-order chi connectivity index (χ0) is 15.5. The van der Waals surface area contributed by atoms with Crippen molar-refractivity contribution in [3.8, 4) is 0 Å². The minimum Gasteiger partial charge on any atom is -0.464 e. The Hall–Kier alpha value is -1.99. The fourth-order valence-electron chi connectivity index (χ4n) is 2.99. The van der Waals surface area contributed by atoms with Crippen molar-refractivity contribution in [1.82, 2.24) is 20.1 Å². The number of esters is 1. The zero-order valence-corrected chi connectivity index (χ0v) is 12.6. The Labute approximate surface area is 129 Å². The SMILES string of the molecule is COC(=O)c1cccc(CN2CCN3CCNC(=O)C3C2)n1. The molecule has 1 aromatic heterocycles. The highest BCUT2D eigenvalue weighted by atomic mass is 16.5. The van der Waals surface area contributed by atoms with Crippen molar-refractivity contribution in [3.63, 3.8) is 0 Å². The number of methoxy groups -OCH3 is 1. The van der Waals surface area contributed by atoms with Gasteiger partial charge in [0.2, 0.25) is 5.91 Å². The highest BCUT2D eigenvalue weighted by molar-refractivity contribution is 5.87. The first-order chi connectivity index (χ1) is 10.7. The Balaban J connectivity index is 1.66. The van der Waals surface area contributed by atoms with Gasteiger partial charge >= 0.3 is 5.97 Å². The molecule has 118 valence electrons. The largest absolute Gasteiger partial charge is 0.464 e. The van der Waals surface area contributed by atoms with E-state index in [1.165, 1.54) is 7.11 Å². The molecular weight excluding hydrogens is 284 g/mol. The molecule has 1 N–H and O–H groups in total. The van der Waals surface area contributed by atoms with Gasteiger partial charge in [-0.05, 0) is 12.1 Å². The topological polar surface area (TPSA) is 74.8 Å². The Bertz CT molecular complexity index is 578. The van der Waals surface area contributed by atoms with E-state index in [1.807, 2.05) is 6.07 Å². The third kappa shape index (κ3) is 3.10. The minimum atomic E-state index is -0.432. The summed E-state index contributed by atoms with van der Waals surface area (Å²) in [4.78, 5) is 32.2.